The molecule has 0 unspecified atom stereocenters. The van der Waals surface area contributed by atoms with E-state index in [-0.39, 0.29) is 17.9 Å². The Morgan fingerprint density at radius 3 is 2.54 bits per heavy atom. The van der Waals surface area contributed by atoms with Gasteiger partial charge in [0.05, 0.1) is 0 Å². The molecule has 4 heteroatoms. The van der Waals surface area contributed by atoms with Crippen molar-refractivity contribution in [1.82, 2.24) is 10.2 Å². The van der Waals surface area contributed by atoms with Gasteiger partial charge in [-0.05, 0) is 20.3 Å². The van der Waals surface area contributed by atoms with Crippen LogP contribution in [-0.4, -0.2) is 35.8 Å². The third-order valence-corrected chi connectivity index (χ3v) is 2.37. The highest BCUT2D eigenvalue weighted by Crippen LogP contribution is 2.09. The quantitative estimate of drug-likeness (QED) is 0.678. The Labute approximate surface area is 78.3 Å². The predicted octanol–water partition coefficient (Wildman–Crippen LogP) is 0.133. The van der Waals surface area contributed by atoms with Gasteiger partial charge in [-0.2, -0.15) is 0 Å². The van der Waals surface area contributed by atoms with E-state index in [4.69, 9.17) is 0 Å². The Kier molecular flexibility index (Phi) is 3.28. The average molecular weight is 184 g/mol. The van der Waals surface area contributed by atoms with Gasteiger partial charge in [0.1, 0.15) is 6.04 Å². The fourth-order valence-electron chi connectivity index (χ4n) is 1.55. The lowest BCUT2D eigenvalue weighted by molar-refractivity contribution is -0.134. The van der Waals surface area contributed by atoms with E-state index in [2.05, 4.69) is 5.32 Å². The number of likely N-dealkylation sites (N-methyl/N-ethyl adjacent to an activating group) is 1. The smallest absolute Gasteiger partial charge is 0.245 e. The number of hydrogen-bond donors (Lipinski definition) is 1. The molecule has 0 radical (unpaired) electrons. The standard InChI is InChI=1S/C9H16N2O2/c1-3-11(4-2)9(13)7-5-6-8(12)10-7/h7H,3-6H2,1-2H3,(H,10,12)/t7-/m0/s1. The lowest BCUT2D eigenvalue weighted by Crippen LogP contribution is -2.44. The molecule has 0 aromatic carbocycles. The highest BCUT2D eigenvalue weighted by Gasteiger charge is 2.29. The Hall–Kier alpha value is -1.06. The molecule has 1 saturated heterocycles. The third kappa shape index (κ3) is 2.20. The Balaban J connectivity index is 2.51. The van der Waals surface area contributed by atoms with Crippen molar-refractivity contribution < 1.29 is 9.59 Å². The first-order chi connectivity index (χ1) is 6.19. The van der Waals surface area contributed by atoms with E-state index in [0.29, 0.717) is 25.9 Å². The fourth-order valence-corrected chi connectivity index (χ4v) is 1.55. The third-order valence-electron chi connectivity index (χ3n) is 2.37. The molecule has 1 atom stereocenters. The topological polar surface area (TPSA) is 49.4 Å². The maximum absolute atomic E-state index is 11.7. The van der Waals surface area contributed by atoms with Crippen molar-refractivity contribution in [2.24, 2.45) is 0 Å². The van der Waals surface area contributed by atoms with Gasteiger partial charge < -0.3 is 10.2 Å². The van der Waals surface area contributed by atoms with Crippen molar-refractivity contribution in [2.75, 3.05) is 13.1 Å². The second-order valence-corrected chi connectivity index (χ2v) is 3.17. The molecule has 2 amide bonds. The molecule has 0 spiro atoms. The first-order valence-electron chi connectivity index (χ1n) is 4.77. The van der Waals surface area contributed by atoms with Gasteiger partial charge in [0.25, 0.3) is 0 Å². The minimum atomic E-state index is -0.271. The highest BCUT2D eigenvalue weighted by atomic mass is 16.2. The number of carbonyl (C=O) groups excluding carboxylic acids is 2. The summed E-state index contributed by atoms with van der Waals surface area (Å²) in [5.74, 6) is 0.0429. The zero-order valence-corrected chi connectivity index (χ0v) is 8.17. The summed E-state index contributed by atoms with van der Waals surface area (Å²) < 4.78 is 0. The Bertz CT molecular complexity index is 212. The van der Waals surface area contributed by atoms with Crippen LogP contribution in [0.15, 0.2) is 0 Å². The van der Waals surface area contributed by atoms with Crippen LogP contribution in [0.5, 0.6) is 0 Å². The summed E-state index contributed by atoms with van der Waals surface area (Å²) in [7, 11) is 0. The van der Waals surface area contributed by atoms with Crippen molar-refractivity contribution in [2.45, 2.75) is 32.7 Å². The summed E-state index contributed by atoms with van der Waals surface area (Å²) in [4.78, 5) is 24.3. The molecule has 1 fully saturated rings. The van der Waals surface area contributed by atoms with Crippen LogP contribution in [0.3, 0.4) is 0 Å². The Morgan fingerprint density at radius 1 is 1.54 bits per heavy atom. The number of rotatable bonds is 3. The van der Waals surface area contributed by atoms with Gasteiger partial charge in [-0.25, -0.2) is 0 Å². The molecule has 4 nitrogen and oxygen atoms in total. The second kappa shape index (κ2) is 4.25. The number of hydrogen-bond acceptors (Lipinski definition) is 2. The minimum absolute atomic E-state index is 0.00879. The van der Waals surface area contributed by atoms with E-state index in [1.165, 1.54) is 0 Å². The van der Waals surface area contributed by atoms with Crippen molar-refractivity contribution in [3.63, 3.8) is 0 Å². The number of nitrogens with zero attached hydrogens (tertiary/aromatic N) is 1. The normalized spacial score (nSPS) is 21.4. The van der Waals surface area contributed by atoms with Crippen LogP contribution >= 0.6 is 0 Å². The minimum Gasteiger partial charge on any atom is -0.344 e. The van der Waals surface area contributed by atoms with Gasteiger partial charge >= 0.3 is 0 Å². The molecule has 0 aromatic heterocycles. The van der Waals surface area contributed by atoms with Gasteiger partial charge in [-0.3, -0.25) is 9.59 Å². The molecular formula is C9H16N2O2. The lowest BCUT2D eigenvalue weighted by Gasteiger charge is -2.22. The Morgan fingerprint density at radius 2 is 2.15 bits per heavy atom. The summed E-state index contributed by atoms with van der Waals surface area (Å²) in [5, 5.41) is 2.67. The molecular weight excluding hydrogens is 168 g/mol. The van der Waals surface area contributed by atoms with Crippen LogP contribution in [0.4, 0.5) is 0 Å². The van der Waals surface area contributed by atoms with E-state index in [9.17, 15) is 9.59 Å². The van der Waals surface area contributed by atoms with Crippen molar-refractivity contribution in [3.8, 4) is 0 Å². The zero-order chi connectivity index (χ0) is 9.84. The van der Waals surface area contributed by atoms with E-state index >= 15 is 0 Å². The molecule has 1 heterocycles. The van der Waals surface area contributed by atoms with E-state index in [1.807, 2.05) is 13.8 Å². The highest BCUT2D eigenvalue weighted by molar-refractivity contribution is 5.90. The molecule has 74 valence electrons. The first kappa shape index (κ1) is 10.0. The van der Waals surface area contributed by atoms with Gasteiger partial charge in [0.15, 0.2) is 0 Å². The SMILES string of the molecule is CCN(CC)C(=O)[C@@H]1CCC(=O)N1. The van der Waals surface area contributed by atoms with Gasteiger partial charge in [-0.1, -0.05) is 0 Å². The van der Waals surface area contributed by atoms with Crippen LogP contribution in [0.25, 0.3) is 0 Å². The van der Waals surface area contributed by atoms with Crippen LogP contribution < -0.4 is 5.32 Å². The van der Waals surface area contributed by atoms with E-state index in [0.717, 1.165) is 0 Å². The molecule has 1 aliphatic heterocycles. The van der Waals surface area contributed by atoms with E-state index < -0.39 is 0 Å². The van der Waals surface area contributed by atoms with Crippen molar-refractivity contribution >= 4 is 11.8 Å². The monoisotopic (exact) mass is 184 g/mol. The molecule has 0 bridgehead atoms. The molecule has 1 N–H and O–H groups in total. The van der Waals surface area contributed by atoms with Crippen LogP contribution in [-0.2, 0) is 9.59 Å². The number of nitrogens with one attached hydrogen (secondary N) is 1. The van der Waals surface area contributed by atoms with Crippen molar-refractivity contribution in [3.05, 3.63) is 0 Å². The molecule has 0 aromatic rings. The molecule has 1 aliphatic rings. The number of amides is 2. The fraction of sp³-hybridized carbons (Fsp3) is 0.778. The van der Waals surface area contributed by atoms with Gasteiger partial charge in [-0.15, -0.1) is 0 Å². The summed E-state index contributed by atoms with van der Waals surface area (Å²) >= 11 is 0. The van der Waals surface area contributed by atoms with Gasteiger partial charge in [0.2, 0.25) is 11.8 Å². The molecule has 13 heavy (non-hydrogen) atoms. The van der Waals surface area contributed by atoms with Crippen LogP contribution in [0, 0.1) is 0 Å². The second-order valence-electron chi connectivity index (χ2n) is 3.17. The first-order valence-corrected chi connectivity index (χ1v) is 4.77. The molecule has 0 aliphatic carbocycles. The summed E-state index contributed by atoms with van der Waals surface area (Å²) in [5.41, 5.74) is 0. The van der Waals surface area contributed by atoms with Gasteiger partial charge in [0, 0.05) is 19.5 Å². The zero-order valence-electron chi connectivity index (χ0n) is 8.17. The van der Waals surface area contributed by atoms with Crippen LogP contribution in [0.2, 0.25) is 0 Å². The maximum atomic E-state index is 11.7. The largest absolute Gasteiger partial charge is 0.344 e. The van der Waals surface area contributed by atoms with Crippen molar-refractivity contribution in [1.29, 1.82) is 0 Å². The number of carbonyl (C=O) groups is 2. The lowest BCUT2D eigenvalue weighted by atomic mass is 10.2. The average Bonchev–Trinajstić information content (AvgIpc) is 2.54. The summed E-state index contributed by atoms with van der Waals surface area (Å²) in [6.45, 7) is 5.31. The molecule has 0 saturated carbocycles. The molecule has 1 rings (SSSR count). The predicted molar refractivity (Wildman–Crippen MR) is 49.1 cm³/mol. The summed E-state index contributed by atoms with van der Waals surface area (Å²) in [6.07, 6.45) is 1.13. The van der Waals surface area contributed by atoms with E-state index in [1.54, 1.807) is 4.90 Å². The maximum Gasteiger partial charge on any atom is 0.245 e. The van der Waals surface area contributed by atoms with Crippen LogP contribution in [0.1, 0.15) is 26.7 Å². The summed E-state index contributed by atoms with van der Waals surface area (Å²) in [6, 6.07) is -0.271.